The van der Waals surface area contributed by atoms with Crippen molar-refractivity contribution in [2.45, 2.75) is 25.8 Å². The highest BCUT2D eigenvalue weighted by Gasteiger charge is 2.29. The zero-order chi connectivity index (χ0) is 13.2. The Hall–Kier alpha value is -2.10. The van der Waals surface area contributed by atoms with Crippen LogP contribution in [-0.4, -0.2) is 21.9 Å². The Labute approximate surface area is 112 Å². The molecule has 0 saturated carbocycles. The van der Waals surface area contributed by atoms with Crippen LogP contribution in [0.5, 0.6) is 0 Å². The third-order valence-electron chi connectivity index (χ3n) is 3.68. The molecule has 1 N–H and O–H groups in total. The monoisotopic (exact) mass is 255 g/mol. The first-order chi connectivity index (χ1) is 9.31. The molecule has 2 heterocycles. The number of nitrogens with zero attached hydrogens (tertiary/aromatic N) is 2. The van der Waals surface area contributed by atoms with Gasteiger partial charge in [0, 0.05) is 31.2 Å². The number of aromatic nitrogens is 2. The fourth-order valence-corrected chi connectivity index (χ4v) is 2.69. The molecule has 0 amide bonds. The van der Waals surface area contributed by atoms with Crippen LogP contribution in [0.25, 0.3) is 0 Å². The number of fused-ring (bicyclic) bond motifs is 1. The minimum Gasteiger partial charge on any atom is -0.385 e. The minimum absolute atomic E-state index is 0.0786. The summed E-state index contributed by atoms with van der Waals surface area (Å²) in [5.74, 6) is 0.621. The fraction of sp³-hybridized carbons (Fsp3) is 0.333. The number of Topliss-reactive ketones (excluding diaryl/α,β-unsaturated/α-hetero) is 1. The first-order valence-corrected chi connectivity index (χ1v) is 6.69. The zero-order valence-electron chi connectivity index (χ0n) is 11.0. The van der Waals surface area contributed by atoms with Crippen LogP contribution in [0.2, 0.25) is 0 Å². The average molecular weight is 255 g/mol. The van der Waals surface area contributed by atoms with Gasteiger partial charge in [-0.05, 0) is 25.0 Å². The quantitative estimate of drug-likeness (QED) is 0.858. The summed E-state index contributed by atoms with van der Waals surface area (Å²) in [5, 5.41) is 3.34. The summed E-state index contributed by atoms with van der Waals surface area (Å²) < 4.78 is 1.91. The molecule has 0 bridgehead atoms. The Balaban J connectivity index is 1.98. The second-order valence-electron chi connectivity index (χ2n) is 4.76. The van der Waals surface area contributed by atoms with Crippen LogP contribution in [0.4, 0.5) is 5.69 Å². The molecule has 0 saturated heterocycles. The van der Waals surface area contributed by atoms with E-state index in [1.807, 2.05) is 42.0 Å². The molecule has 3 rings (SSSR count). The number of ketones is 1. The lowest BCUT2D eigenvalue weighted by Gasteiger charge is -2.25. The number of nitrogens with one attached hydrogen (secondary N) is 1. The number of carbonyl (C=O) groups is 1. The van der Waals surface area contributed by atoms with Crippen molar-refractivity contribution in [2.75, 3.05) is 11.9 Å². The number of para-hydroxylation sites is 1. The highest BCUT2D eigenvalue weighted by Crippen LogP contribution is 2.33. The third-order valence-corrected chi connectivity index (χ3v) is 3.68. The smallest absolute Gasteiger partial charge is 0.205 e. The van der Waals surface area contributed by atoms with E-state index in [9.17, 15) is 4.79 Å². The summed E-state index contributed by atoms with van der Waals surface area (Å²) >= 11 is 0. The highest BCUT2D eigenvalue weighted by molar-refractivity contribution is 5.99. The second kappa shape index (κ2) is 4.88. The molecule has 19 heavy (non-hydrogen) atoms. The molecule has 0 spiro atoms. The number of benzene rings is 1. The van der Waals surface area contributed by atoms with Gasteiger partial charge in [-0.15, -0.1) is 0 Å². The van der Waals surface area contributed by atoms with Gasteiger partial charge in [0.2, 0.25) is 5.78 Å². The summed E-state index contributed by atoms with van der Waals surface area (Å²) in [6, 6.07) is 8.04. The Morgan fingerprint density at radius 1 is 1.47 bits per heavy atom. The molecule has 1 unspecified atom stereocenters. The second-order valence-corrected chi connectivity index (χ2v) is 4.76. The van der Waals surface area contributed by atoms with Gasteiger partial charge in [-0.3, -0.25) is 4.79 Å². The standard InChI is InChI=1S/C15H17N3O/c1-2-18-10-9-17-15(18)14(19)12-7-8-16-13-6-4-3-5-11(12)13/h3-6,9-10,12,16H,2,7-8H2,1H3. The molecule has 1 aliphatic rings. The van der Waals surface area contributed by atoms with Gasteiger partial charge in [-0.2, -0.15) is 0 Å². The Bertz CT molecular complexity index is 603. The molecule has 0 aliphatic carbocycles. The maximum Gasteiger partial charge on any atom is 0.205 e. The molecule has 0 radical (unpaired) electrons. The first-order valence-electron chi connectivity index (χ1n) is 6.69. The lowest BCUT2D eigenvalue weighted by atomic mass is 9.87. The fourth-order valence-electron chi connectivity index (χ4n) is 2.69. The van der Waals surface area contributed by atoms with E-state index in [0.717, 1.165) is 30.8 Å². The van der Waals surface area contributed by atoms with Gasteiger partial charge >= 0.3 is 0 Å². The van der Waals surface area contributed by atoms with Crippen LogP contribution in [-0.2, 0) is 6.54 Å². The topological polar surface area (TPSA) is 46.9 Å². The normalized spacial score (nSPS) is 17.6. The molecule has 2 aromatic rings. The molecule has 4 nitrogen and oxygen atoms in total. The van der Waals surface area contributed by atoms with Crippen molar-refractivity contribution >= 4 is 11.5 Å². The Morgan fingerprint density at radius 2 is 2.32 bits per heavy atom. The van der Waals surface area contributed by atoms with E-state index in [2.05, 4.69) is 10.3 Å². The SMILES string of the molecule is CCn1ccnc1C(=O)C1CCNc2ccccc21. The third kappa shape index (κ3) is 2.03. The van der Waals surface area contributed by atoms with E-state index in [1.165, 1.54) is 0 Å². The summed E-state index contributed by atoms with van der Waals surface area (Å²) in [6.07, 6.45) is 4.39. The predicted molar refractivity (Wildman–Crippen MR) is 74.5 cm³/mol. The van der Waals surface area contributed by atoms with Crippen LogP contribution in [0.1, 0.15) is 35.4 Å². The molecular weight excluding hydrogens is 238 g/mol. The summed E-state index contributed by atoms with van der Waals surface area (Å²) in [6.45, 7) is 3.63. The van der Waals surface area contributed by atoms with Gasteiger partial charge in [0.15, 0.2) is 5.82 Å². The highest BCUT2D eigenvalue weighted by atomic mass is 16.1. The molecule has 1 aliphatic heterocycles. The van der Waals surface area contributed by atoms with Gasteiger partial charge in [0.25, 0.3) is 0 Å². The van der Waals surface area contributed by atoms with Gasteiger partial charge in [-0.25, -0.2) is 4.98 Å². The zero-order valence-corrected chi connectivity index (χ0v) is 11.0. The van der Waals surface area contributed by atoms with E-state index in [4.69, 9.17) is 0 Å². The van der Waals surface area contributed by atoms with E-state index >= 15 is 0 Å². The average Bonchev–Trinajstić information content (AvgIpc) is 2.94. The molecule has 1 aromatic carbocycles. The van der Waals surface area contributed by atoms with Crippen molar-refractivity contribution in [2.24, 2.45) is 0 Å². The van der Waals surface area contributed by atoms with Crippen LogP contribution >= 0.6 is 0 Å². The van der Waals surface area contributed by atoms with Crippen LogP contribution in [0, 0.1) is 0 Å². The number of hydrogen-bond acceptors (Lipinski definition) is 3. The maximum absolute atomic E-state index is 12.7. The number of aryl methyl sites for hydroxylation is 1. The summed E-state index contributed by atoms with van der Waals surface area (Å²) in [5.41, 5.74) is 2.16. The van der Waals surface area contributed by atoms with Crippen molar-refractivity contribution in [3.05, 3.63) is 48.0 Å². The van der Waals surface area contributed by atoms with E-state index in [0.29, 0.717) is 5.82 Å². The van der Waals surface area contributed by atoms with Gasteiger partial charge < -0.3 is 9.88 Å². The molecule has 1 aromatic heterocycles. The van der Waals surface area contributed by atoms with Crippen molar-refractivity contribution in [1.82, 2.24) is 9.55 Å². The van der Waals surface area contributed by atoms with Crippen molar-refractivity contribution < 1.29 is 4.79 Å². The van der Waals surface area contributed by atoms with E-state index in [-0.39, 0.29) is 11.7 Å². The van der Waals surface area contributed by atoms with Crippen molar-refractivity contribution in [3.8, 4) is 0 Å². The largest absolute Gasteiger partial charge is 0.385 e. The number of rotatable bonds is 3. The lowest BCUT2D eigenvalue weighted by molar-refractivity contribution is 0.0941. The predicted octanol–water partition coefficient (Wildman–Crippen LogP) is 2.69. The Morgan fingerprint density at radius 3 is 3.16 bits per heavy atom. The maximum atomic E-state index is 12.7. The number of anilines is 1. The molecule has 98 valence electrons. The van der Waals surface area contributed by atoms with E-state index < -0.39 is 0 Å². The molecule has 1 atom stereocenters. The molecular formula is C15H17N3O. The van der Waals surface area contributed by atoms with Gasteiger partial charge in [-0.1, -0.05) is 18.2 Å². The minimum atomic E-state index is -0.0786. The number of hydrogen-bond donors (Lipinski definition) is 1. The molecule has 4 heteroatoms. The number of carbonyl (C=O) groups excluding carboxylic acids is 1. The van der Waals surface area contributed by atoms with Crippen molar-refractivity contribution in [1.29, 1.82) is 0 Å². The summed E-state index contributed by atoms with van der Waals surface area (Å²) in [4.78, 5) is 16.9. The summed E-state index contributed by atoms with van der Waals surface area (Å²) in [7, 11) is 0. The lowest BCUT2D eigenvalue weighted by Crippen LogP contribution is -2.25. The van der Waals surface area contributed by atoms with E-state index in [1.54, 1.807) is 6.20 Å². The number of imidazole rings is 1. The first kappa shape index (κ1) is 12.0. The van der Waals surface area contributed by atoms with Crippen LogP contribution in [0.3, 0.4) is 0 Å². The van der Waals surface area contributed by atoms with Gasteiger partial charge in [0.05, 0.1) is 5.92 Å². The van der Waals surface area contributed by atoms with Crippen LogP contribution < -0.4 is 5.32 Å². The molecule has 0 fully saturated rings. The Kier molecular flexibility index (Phi) is 3.07. The van der Waals surface area contributed by atoms with Gasteiger partial charge in [0.1, 0.15) is 0 Å². The van der Waals surface area contributed by atoms with Crippen molar-refractivity contribution in [3.63, 3.8) is 0 Å². The van der Waals surface area contributed by atoms with Crippen LogP contribution in [0.15, 0.2) is 36.7 Å².